The molecule has 0 aliphatic heterocycles. The highest BCUT2D eigenvalue weighted by Gasteiger charge is 2.13. The van der Waals surface area contributed by atoms with Crippen molar-refractivity contribution in [3.8, 4) is 5.75 Å². The van der Waals surface area contributed by atoms with Gasteiger partial charge in [0.1, 0.15) is 17.7 Å². The SMILES string of the molecule is CCCCC(Cl)C(=O)NCc1ccc(OCc2ccccc2)cc1. The van der Waals surface area contributed by atoms with Crippen molar-refractivity contribution < 1.29 is 9.53 Å². The van der Waals surface area contributed by atoms with E-state index in [0.29, 0.717) is 13.2 Å². The Balaban J connectivity index is 1.76. The van der Waals surface area contributed by atoms with Crippen molar-refractivity contribution >= 4 is 17.5 Å². The van der Waals surface area contributed by atoms with Crippen molar-refractivity contribution in [2.45, 2.75) is 44.7 Å². The Hall–Kier alpha value is -2.00. The number of benzene rings is 2. The van der Waals surface area contributed by atoms with E-state index in [1.165, 1.54) is 0 Å². The van der Waals surface area contributed by atoms with Gasteiger partial charge in [-0.2, -0.15) is 0 Å². The molecule has 1 unspecified atom stereocenters. The van der Waals surface area contributed by atoms with Gasteiger partial charge in [0.25, 0.3) is 0 Å². The molecule has 2 aromatic rings. The molecule has 0 heterocycles. The number of hydrogen-bond acceptors (Lipinski definition) is 2. The van der Waals surface area contributed by atoms with Gasteiger partial charge in [-0.25, -0.2) is 0 Å². The van der Waals surface area contributed by atoms with E-state index in [-0.39, 0.29) is 5.91 Å². The van der Waals surface area contributed by atoms with Crippen LogP contribution in [0.1, 0.15) is 37.3 Å². The number of carbonyl (C=O) groups excluding carboxylic acids is 1. The van der Waals surface area contributed by atoms with Crippen LogP contribution < -0.4 is 10.1 Å². The molecule has 2 aromatic carbocycles. The van der Waals surface area contributed by atoms with Gasteiger partial charge in [0.05, 0.1) is 0 Å². The number of alkyl halides is 1. The predicted octanol–water partition coefficient (Wildman–Crippen LogP) is 4.68. The fourth-order valence-electron chi connectivity index (χ4n) is 2.26. The van der Waals surface area contributed by atoms with E-state index in [0.717, 1.165) is 36.1 Å². The first kappa shape index (κ1) is 18.3. The maximum Gasteiger partial charge on any atom is 0.238 e. The van der Waals surface area contributed by atoms with Gasteiger partial charge in [0.2, 0.25) is 5.91 Å². The molecule has 0 aliphatic rings. The van der Waals surface area contributed by atoms with Crippen LogP contribution in [0.4, 0.5) is 0 Å². The summed E-state index contributed by atoms with van der Waals surface area (Å²) in [5, 5.41) is 2.43. The molecule has 0 saturated heterocycles. The molecule has 128 valence electrons. The summed E-state index contributed by atoms with van der Waals surface area (Å²) < 4.78 is 5.75. The van der Waals surface area contributed by atoms with Crippen molar-refractivity contribution in [3.63, 3.8) is 0 Å². The van der Waals surface area contributed by atoms with Crippen LogP contribution in [0.5, 0.6) is 5.75 Å². The molecule has 3 nitrogen and oxygen atoms in total. The largest absolute Gasteiger partial charge is 0.489 e. The van der Waals surface area contributed by atoms with E-state index in [9.17, 15) is 4.79 Å². The summed E-state index contributed by atoms with van der Waals surface area (Å²) in [7, 11) is 0. The number of unbranched alkanes of at least 4 members (excludes halogenated alkanes) is 1. The van der Waals surface area contributed by atoms with Crippen molar-refractivity contribution in [1.82, 2.24) is 5.32 Å². The van der Waals surface area contributed by atoms with E-state index < -0.39 is 5.38 Å². The fourth-order valence-corrected chi connectivity index (χ4v) is 2.49. The molecule has 24 heavy (non-hydrogen) atoms. The maximum atomic E-state index is 11.9. The first-order chi connectivity index (χ1) is 11.7. The summed E-state index contributed by atoms with van der Waals surface area (Å²) in [6.45, 7) is 3.11. The molecule has 0 aromatic heterocycles. The zero-order chi connectivity index (χ0) is 17.2. The monoisotopic (exact) mass is 345 g/mol. The van der Waals surface area contributed by atoms with Crippen molar-refractivity contribution in [2.75, 3.05) is 0 Å². The third kappa shape index (κ3) is 6.25. The van der Waals surface area contributed by atoms with Crippen molar-refractivity contribution in [1.29, 1.82) is 0 Å². The third-order valence-electron chi connectivity index (χ3n) is 3.73. The molecule has 0 spiro atoms. The Morgan fingerprint density at radius 1 is 1.08 bits per heavy atom. The minimum Gasteiger partial charge on any atom is -0.489 e. The van der Waals surface area contributed by atoms with E-state index in [2.05, 4.69) is 12.2 Å². The molecule has 4 heteroatoms. The quantitative estimate of drug-likeness (QED) is 0.670. The highest BCUT2D eigenvalue weighted by molar-refractivity contribution is 6.30. The summed E-state index contributed by atoms with van der Waals surface area (Å²) in [4.78, 5) is 11.9. The minimum absolute atomic E-state index is 0.102. The summed E-state index contributed by atoms with van der Waals surface area (Å²) in [6, 6.07) is 17.8. The molecule has 0 saturated carbocycles. The molecule has 1 amide bonds. The van der Waals surface area contributed by atoms with Gasteiger partial charge in [0, 0.05) is 6.54 Å². The molecule has 0 fully saturated rings. The number of halogens is 1. The molecule has 0 radical (unpaired) electrons. The van der Waals surface area contributed by atoms with Gasteiger partial charge < -0.3 is 10.1 Å². The Morgan fingerprint density at radius 2 is 1.79 bits per heavy atom. The number of ether oxygens (including phenoxy) is 1. The maximum absolute atomic E-state index is 11.9. The van der Waals surface area contributed by atoms with Gasteiger partial charge >= 0.3 is 0 Å². The Labute approximate surface area is 149 Å². The average molecular weight is 346 g/mol. The number of carbonyl (C=O) groups is 1. The summed E-state index contributed by atoms with van der Waals surface area (Å²) in [6.07, 6.45) is 2.73. The Kier molecular flexibility index (Phi) is 7.63. The molecule has 0 aliphatic carbocycles. The summed E-state index contributed by atoms with van der Waals surface area (Å²) in [5.41, 5.74) is 2.16. The van der Waals surface area contributed by atoms with E-state index in [1.54, 1.807) is 0 Å². The van der Waals surface area contributed by atoms with E-state index in [4.69, 9.17) is 16.3 Å². The van der Waals surface area contributed by atoms with Gasteiger partial charge in [-0.1, -0.05) is 62.2 Å². The van der Waals surface area contributed by atoms with Crippen LogP contribution in [-0.2, 0) is 17.9 Å². The van der Waals surface area contributed by atoms with Gasteiger partial charge in [-0.3, -0.25) is 4.79 Å². The van der Waals surface area contributed by atoms with Gasteiger partial charge in [0.15, 0.2) is 0 Å². The molecular formula is C20H24ClNO2. The average Bonchev–Trinajstić information content (AvgIpc) is 2.64. The summed E-state index contributed by atoms with van der Waals surface area (Å²) >= 11 is 6.07. The standard InChI is InChI=1S/C20H24ClNO2/c1-2-3-9-19(21)20(23)22-14-16-10-12-18(13-11-16)24-15-17-7-5-4-6-8-17/h4-8,10-13,19H,2-3,9,14-15H2,1H3,(H,22,23). The van der Waals surface area contributed by atoms with E-state index >= 15 is 0 Å². The first-order valence-electron chi connectivity index (χ1n) is 8.36. The lowest BCUT2D eigenvalue weighted by molar-refractivity contribution is -0.121. The van der Waals surface area contributed by atoms with Crippen LogP contribution in [0.2, 0.25) is 0 Å². The molecular weight excluding hydrogens is 322 g/mol. The van der Waals surface area contributed by atoms with Crippen LogP contribution in [0.25, 0.3) is 0 Å². The van der Waals surface area contributed by atoms with Gasteiger partial charge in [-0.15, -0.1) is 11.6 Å². The Bertz CT molecular complexity index is 613. The molecule has 1 atom stereocenters. The molecule has 2 rings (SSSR count). The highest BCUT2D eigenvalue weighted by Crippen LogP contribution is 2.14. The van der Waals surface area contributed by atoms with Crippen LogP contribution in [0, 0.1) is 0 Å². The first-order valence-corrected chi connectivity index (χ1v) is 8.80. The second kappa shape index (κ2) is 9.99. The number of hydrogen-bond donors (Lipinski definition) is 1. The van der Waals surface area contributed by atoms with Crippen LogP contribution in [0.15, 0.2) is 54.6 Å². The smallest absolute Gasteiger partial charge is 0.238 e. The third-order valence-corrected chi connectivity index (χ3v) is 4.15. The predicted molar refractivity (Wildman–Crippen MR) is 98.2 cm³/mol. The fraction of sp³-hybridized carbons (Fsp3) is 0.350. The topological polar surface area (TPSA) is 38.3 Å². The lowest BCUT2D eigenvalue weighted by Crippen LogP contribution is -2.30. The zero-order valence-electron chi connectivity index (χ0n) is 14.0. The van der Waals surface area contributed by atoms with Crippen molar-refractivity contribution in [3.05, 3.63) is 65.7 Å². The molecule has 0 bridgehead atoms. The van der Waals surface area contributed by atoms with Crippen LogP contribution in [0.3, 0.4) is 0 Å². The van der Waals surface area contributed by atoms with E-state index in [1.807, 2.05) is 54.6 Å². The second-order valence-corrected chi connectivity index (χ2v) is 6.27. The summed E-state index contributed by atoms with van der Waals surface area (Å²) in [5.74, 6) is 0.710. The second-order valence-electron chi connectivity index (χ2n) is 5.75. The number of amides is 1. The number of nitrogens with one attached hydrogen (secondary N) is 1. The Morgan fingerprint density at radius 3 is 2.46 bits per heavy atom. The lowest BCUT2D eigenvalue weighted by atomic mass is 10.2. The van der Waals surface area contributed by atoms with Crippen LogP contribution >= 0.6 is 11.6 Å². The van der Waals surface area contributed by atoms with Crippen LogP contribution in [-0.4, -0.2) is 11.3 Å². The zero-order valence-corrected chi connectivity index (χ0v) is 14.8. The van der Waals surface area contributed by atoms with Crippen molar-refractivity contribution in [2.24, 2.45) is 0 Å². The highest BCUT2D eigenvalue weighted by atomic mass is 35.5. The lowest BCUT2D eigenvalue weighted by Gasteiger charge is -2.11. The number of rotatable bonds is 9. The normalized spacial score (nSPS) is 11.8. The minimum atomic E-state index is -0.446. The van der Waals surface area contributed by atoms with Gasteiger partial charge in [-0.05, 0) is 29.7 Å². The molecule has 1 N–H and O–H groups in total.